The van der Waals surface area contributed by atoms with Crippen LogP contribution in [-0.4, -0.2) is 46.0 Å². The van der Waals surface area contributed by atoms with Crippen molar-refractivity contribution >= 4 is 22.4 Å². The molecule has 2 rings (SSSR count). The van der Waals surface area contributed by atoms with Crippen LogP contribution >= 0.6 is 12.4 Å². The summed E-state index contributed by atoms with van der Waals surface area (Å²) < 4.78 is 32.9. The van der Waals surface area contributed by atoms with Crippen LogP contribution in [0.5, 0.6) is 5.75 Å². The molecule has 1 aromatic carbocycles. The number of ether oxygens (including phenoxy) is 1. The number of hydrogen-bond acceptors (Lipinski definition) is 4. The van der Waals surface area contributed by atoms with Crippen molar-refractivity contribution in [2.75, 3.05) is 33.3 Å². The van der Waals surface area contributed by atoms with Gasteiger partial charge >= 0.3 is 0 Å². The minimum absolute atomic E-state index is 0. The lowest BCUT2D eigenvalue weighted by atomic mass is 10.00. The number of sulfonamides is 1. The maximum absolute atomic E-state index is 12.8. The standard InChI is InChI=1S/C18H30N2O3S.ClH/c1-15(2)10-12-23-17-6-8-18(9-7-17)24(21,22)20-11-4-5-16(14-20)13-19-3;/h6-9,15-16,19H,4-5,10-14H2,1-3H3;1H. The molecule has 1 aromatic rings. The second kappa shape index (κ2) is 10.4. The summed E-state index contributed by atoms with van der Waals surface area (Å²) in [5, 5.41) is 3.15. The SMILES string of the molecule is CNCC1CCCN(S(=O)(=O)c2ccc(OCCC(C)C)cc2)C1.Cl. The fourth-order valence-electron chi connectivity index (χ4n) is 2.97. The summed E-state index contributed by atoms with van der Waals surface area (Å²) in [4.78, 5) is 0.351. The van der Waals surface area contributed by atoms with Gasteiger partial charge in [-0.1, -0.05) is 13.8 Å². The Hall–Kier alpha value is -0.820. The summed E-state index contributed by atoms with van der Waals surface area (Å²) in [7, 11) is -1.51. The monoisotopic (exact) mass is 390 g/mol. The molecular weight excluding hydrogens is 360 g/mol. The number of halogens is 1. The lowest BCUT2D eigenvalue weighted by Gasteiger charge is -2.31. The quantitative estimate of drug-likeness (QED) is 0.740. The molecule has 1 aliphatic rings. The summed E-state index contributed by atoms with van der Waals surface area (Å²) in [6.45, 7) is 7.01. The van der Waals surface area contributed by atoms with Gasteiger partial charge in [0.25, 0.3) is 0 Å². The van der Waals surface area contributed by atoms with Crippen LogP contribution in [0.4, 0.5) is 0 Å². The second-order valence-electron chi connectivity index (χ2n) is 6.93. The lowest BCUT2D eigenvalue weighted by Crippen LogP contribution is -2.42. The largest absolute Gasteiger partial charge is 0.494 e. The third-order valence-electron chi connectivity index (χ3n) is 4.40. The van der Waals surface area contributed by atoms with Crippen molar-refractivity contribution in [3.8, 4) is 5.75 Å². The molecule has 0 aliphatic carbocycles. The van der Waals surface area contributed by atoms with Crippen LogP contribution < -0.4 is 10.1 Å². The number of rotatable bonds is 8. The van der Waals surface area contributed by atoms with Crippen LogP contribution in [0.15, 0.2) is 29.2 Å². The van der Waals surface area contributed by atoms with Crippen LogP contribution in [0, 0.1) is 11.8 Å². The van der Waals surface area contributed by atoms with E-state index in [1.807, 2.05) is 7.05 Å². The first kappa shape index (κ1) is 22.2. The summed E-state index contributed by atoms with van der Waals surface area (Å²) in [5.74, 6) is 1.70. The fraction of sp³-hybridized carbons (Fsp3) is 0.667. The number of nitrogens with one attached hydrogen (secondary N) is 1. The third-order valence-corrected chi connectivity index (χ3v) is 6.28. The van der Waals surface area contributed by atoms with E-state index in [2.05, 4.69) is 19.2 Å². The zero-order chi connectivity index (χ0) is 17.6. The molecule has 0 bridgehead atoms. The molecule has 0 aromatic heterocycles. The van der Waals surface area contributed by atoms with Crippen LogP contribution in [0.2, 0.25) is 0 Å². The second-order valence-corrected chi connectivity index (χ2v) is 8.87. The summed E-state index contributed by atoms with van der Waals surface area (Å²) in [5.41, 5.74) is 0. The Bertz CT molecular complexity index is 603. The summed E-state index contributed by atoms with van der Waals surface area (Å²) >= 11 is 0. The first-order valence-electron chi connectivity index (χ1n) is 8.81. The van der Waals surface area contributed by atoms with Crippen molar-refractivity contribution in [3.05, 3.63) is 24.3 Å². The Morgan fingerprint density at radius 1 is 1.28 bits per heavy atom. The van der Waals surface area contributed by atoms with Gasteiger partial charge in [-0.2, -0.15) is 4.31 Å². The van der Waals surface area contributed by atoms with E-state index in [1.165, 1.54) is 0 Å². The average molecular weight is 391 g/mol. The molecule has 1 heterocycles. The molecule has 7 heteroatoms. The van der Waals surface area contributed by atoms with Gasteiger partial charge in [0.15, 0.2) is 0 Å². The van der Waals surface area contributed by atoms with Gasteiger partial charge in [0.2, 0.25) is 10.0 Å². The predicted octanol–water partition coefficient (Wildman–Crippen LogP) is 3.15. The molecule has 0 spiro atoms. The van der Waals surface area contributed by atoms with Gasteiger partial charge in [0.05, 0.1) is 11.5 Å². The summed E-state index contributed by atoms with van der Waals surface area (Å²) in [6, 6.07) is 6.81. The molecule has 1 aliphatic heterocycles. The number of nitrogens with zero attached hydrogens (tertiary/aromatic N) is 1. The zero-order valence-electron chi connectivity index (χ0n) is 15.4. The van der Waals surface area contributed by atoms with Crippen molar-refractivity contribution < 1.29 is 13.2 Å². The molecule has 0 amide bonds. The molecule has 0 saturated carbocycles. The first-order chi connectivity index (χ1) is 11.4. The Morgan fingerprint density at radius 2 is 1.96 bits per heavy atom. The first-order valence-corrected chi connectivity index (χ1v) is 10.2. The molecule has 1 fully saturated rings. The average Bonchev–Trinajstić information content (AvgIpc) is 2.55. The molecule has 1 atom stereocenters. The van der Waals surface area contributed by atoms with Gasteiger partial charge in [-0.3, -0.25) is 0 Å². The Kier molecular flexibility index (Phi) is 9.21. The van der Waals surface area contributed by atoms with Crippen molar-refractivity contribution in [1.29, 1.82) is 0 Å². The van der Waals surface area contributed by atoms with E-state index in [0.717, 1.165) is 31.6 Å². The van der Waals surface area contributed by atoms with Gasteiger partial charge in [-0.05, 0) is 69.0 Å². The highest BCUT2D eigenvalue weighted by Crippen LogP contribution is 2.25. The van der Waals surface area contributed by atoms with Gasteiger partial charge in [0.1, 0.15) is 5.75 Å². The van der Waals surface area contributed by atoms with Crippen molar-refractivity contribution in [2.24, 2.45) is 11.8 Å². The van der Waals surface area contributed by atoms with Crippen LogP contribution in [0.25, 0.3) is 0 Å². The molecule has 5 nitrogen and oxygen atoms in total. The molecule has 144 valence electrons. The van der Waals surface area contributed by atoms with E-state index in [1.54, 1.807) is 28.6 Å². The fourth-order valence-corrected chi connectivity index (χ4v) is 4.52. The van der Waals surface area contributed by atoms with E-state index in [4.69, 9.17) is 4.74 Å². The zero-order valence-corrected chi connectivity index (χ0v) is 17.0. The molecule has 1 N–H and O–H groups in total. The number of benzene rings is 1. The number of piperidine rings is 1. The smallest absolute Gasteiger partial charge is 0.243 e. The van der Waals surface area contributed by atoms with Gasteiger partial charge < -0.3 is 10.1 Å². The minimum atomic E-state index is -3.41. The van der Waals surface area contributed by atoms with E-state index in [0.29, 0.717) is 36.4 Å². The molecule has 1 unspecified atom stereocenters. The predicted molar refractivity (Wildman–Crippen MR) is 104 cm³/mol. The van der Waals surface area contributed by atoms with Crippen molar-refractivity contribution in [3.63, 3.8) is 0 Å². The van der Waals surface area contributed by atoms with E-state index < -0.39 is 10.0 Å². The van der Waals surface area contributed by atoms with Crippen LogP contribution in [0.1, 0.15) is 33.1 Å². The highest BCUT2D eigenvalue weighted by molar-refractivity contribution is 7.89. The van der Waals surface area contributed by atoms with Gasteiger partial charge in [0, 0.05) is 13.1 Å². The topological polar surface area (TPSA) is 58.6 Å². The van der Waals surface area contributed by atoms with E-state index >= 15 is 0 Å². The Morgan fingerprint density at radius 3 is 2.56 bits per heavy atom. The molecule has 0 radical (unpaired) electrons. The third kappa shape index (κ3) is 6.44. The molecular formula is C18H31ClN2O3S. The molecule has 1 saturated heterocycles. The van der Waals surface area contributed by atoms with E-state index in [9.17, 15) is 8.42 Å². The van der Waals surface area contributed by atoms with Crippen molar-refractivity contribution in [1.82, 2.24) is 9.62 Å². The maximum atomic E-state index is 12.8. The highest BCUT2D eigenvalue weighted by Gasteiger charge is 2.29. The number of hydrogen-bond donors (Lipinski definition) is 1. The van der Waals surface area contributed by atoms with Crippen LogP contribution in [-0.2, 0) is 10.0 Å². The van der Waals surface area contributed by atoms with E-state index in [-0.39, 0.29) is 12.4 Å². The van der Waals surface area contributed by atoms with Crippen molar-refractivity contribution in [2.45, 2.75) is 38.0 Å². The minimum Gasteiger partial charge on any atom is -0.494 e. The van der Waals surface area contributed by atoms with Crippen LogP contribution in [0.3, 0.4) is 0 Å². The Labute approximate surface area is 158 Å². The van der Waals surface area contributed by atoms with Gasteiger partial charge in [-0.15, -0.1) is 12.4 Å². The summed E-state index contributed by atoms with van der Waals surface area (Å²) in [6.07, 6.45) is 2.98. The Balaban J connectivity index is 0.00000312. The normalized spacial score (nSPS) is 18.8. The lowest BCUT2D eigenvalue weighted by molar-refractivity contribution is 0.263. The maximum Gasteiger partial charge on any atom is 0.243 e. The van der Waals surface area contributed by atoms with Gasteiger partial charge in [-0.25, -0.2) is 8.42 Å². The highest BCUT2D eigenvalue weighted by atomic mass is 35.5. The molecule has 25 heavy (non-hydrogen) atoms.